The van der Waals surface area contributed by atoms with Crippen LogP contribution in [0.4, 0.5) is 0 Å². The second-order valence-electron chi connectivity index (χ2n) is 4.74. The molecule has 0 fully saturated rings. The largest absolute Gasteiger partial charge is 0.463 e. The Hall–Kier alpha value is -0.790. The van der Waals surface area contributed by atoms with Gasteiger partial charge < -0.3 is 4.74 Å². The van der Waals surface area contributed by atoms with Gasteiger partial charge in [0.2, 0.25) is 0 Å². The van der Waals surface area contributed by atoms with Crippen molar-refractivity contribution < 1.29 is 9.53 Å². The maximum absolute atomic E-state index is 10.8. The van der Waals surface area contributed by atoms with E-state index in [9.17, 15) is 4.79 Å². The Morgan fingerprint density at radius 2 is 1.71 bits per heavy atom. The van der Waals surface area contributed by atoms with E-state index in [0.717, 1.165) is 12.8 Å². The first kappa shape index (κ1) is 16.2. The molecule has 0 saturated carbocycles. The van der Waals surface area contributed by atoms with Crippen molar-refractivity contribution in [1.82, 2.24) is 0 Å². The first-order valence-electron chi connectivity index (χ1n) is 6.93. The average molecular weight is 240 g/mol. The molecule has 2 heteroatoms. The van der Waals surface area contributed by atoms with E-state index in [1.807, 2.05) is 0 Å². The van der Waals surface area contributed by atoms with Gasteiger partial charge in [-0.15, -0.1) is 0 Å². The molecule has 0 saturated heterocycles. The second kappa shape index (κ2) is 9.26. The predicted octanol–water partition coefficient (Wildman–Crippen LogP) is 4.49. The van der Waals surface area contributed by atoms with Crippen LogP contribution in [0.25, 0.3) is 0 Å². The summed E-state index contributed by atoms with van der Waals surface area (Å²) in [5.41, 5.74) is 0.539. The summed E-state index contributed by atoms with van der Waals surface area (Å²) in [5, 5.41) is 0. The summed E-state index contributed by atoms with van der Waals surface area (Å²) in [6, 6.07) is 0. The zero-order chi connectivity index (χ0) is 13.1. The molecule has 0 rings (SSSR count). The van der Waals surface area contributed by atoms with E-state index in [1.54, 1.807) is 0 Å². The van der Waals surface area contributed by atoms with Gasteiger partial charge in [0.15, 0.2) is 0 Å². The van der Waals surface area contributed by atoms with Crippen molar-refractivity contribution in [1.29, 1.82) is 0 Å². The molecule has 0 spiro atoms. The van der Waals surface area contributed by atoms with Gasteiger partial charge in [0, 0.05) is 6.08 Å². The van der Waals surface area contributed by atoms with E-state index < -0.39 is 0 Å². The lowest BCUT2D eigenvalue weighted by molar-refractivity contribution is -0.137. The molecule has 0 aromatic rings. The smallest absolute Gasteiger partial charge is 0.330 e. The minimum absolute atomic E-state index is 0.310. The van der Waals surface area contributed by atoms with Crippen LogP contribution in [-0.2, 0) is 9.53 Å². The van der Waals surface area contributed by atoms with Gasteiger partial charge in [-0.05, 0) is 18.3 Å². The highest BCUT2D eigenvalue weighted by Crippen LogP contribution is 2.35. The summed E-state index contributed by atoms with van der Waals surface area (Å²) < 4.78 is 4.95. The number of hydrogen-bond donors (Lipinski definition) is 0. The fraction of sp³-hybridized carbons (Fsp3) is 0.800. The van der Waals surface area contributed by atoms with Gasteiger partial charge in [-0.3, -0.25) is 0 Å². The second-order valence-corrected chi connectivity index (χ2v) is 4.74. The van der Waals surface area contributed by atoms with E-state index in [4.69, 9.17) is 4.74 Å². The Morgan fingerprint density at radius 1 is 1.12 bits per heavy atom. The summed E-state index contributed by atoms with van der Waals surface area (Å²) in [4.78, 5) is 10.8. The van der Waals surface area contributed by atoms with Crippen LogP contribution < -0.4 is 0 Å². The van der Waals surface area contributed by atoms with Crippen molar-refractivity contribution in [3.63, 3.8) is 0 Å². The summed E-state index contributed by atoms with van der Waals surface area (Å²) in [6.45, 7) is 10.8. The van der Waals surface area contributed by atoms with Gasteiger partial charge in [0.1, 0.15) is 0 Å². The Bertz CT molecular complexity index is 209. The van der Waals surface area contributed by atoms with Crippen LogP contribution >= 0.6 is 0 Å². The van der Waals surface area contributed by atoms with Gasteiger partial charge in [-0.2, -0.15) is 0 Å². The fourth-order valence-corrected chi connectivity index (χ4v) is 2.29. The Labute approximate surface area is 106 Å². The zero-order valence-corrected chi connectivity index (χ0v) is 11.8. The van der Waals surface area contributed by atoms with Crippen molar-refractivity contribution in [2.75, 3.05) is 6.61 Å². The van der Waals surface area contributed by atoms with Crippen LogP contribution in [0.1, 0.15) is 65.7 Å². The number of unbranched alkanes of at least 4 members (excludes halogenated alkanes) is 2. The maximum Gasteiger partial charge on any atom is 0.330 e. The summed E-state index contributed by atoms with van der Waals surface area (Å²) >= 11 is 0. The SMILES string of the molecule is C=CC(=O)OCCCCCC(CC)(CC)CC. The Balaban J connectivity index is 3.62. The number of esters is 1. The molecule has 0 unspecified atom stereocenters. The normalized spacial score (nSPS) is 11.2. The molecule has 0 bridgehead atoms. The van der Waals surface area contributed by atoms with Crippen LogP contribution in [0.15, 0.2) is 12.7 Å². The van der Waals surface area contributed by atoms with Gasteiger partial charge in [-0.1, -0.05) is 59.5 Å². The number of ether oxygens (including phenoxy) is 1. The topological polar surface area (TPSA) is 26.3 Å². The molecule has 17 heavy (non-hydrogen) atoms. The van der Waals surface area contributed by atoms with E-state index in [0.29, 0.717) is 12.0 Å². The van der Waals surface area contributed by atoms with Crippen molar-refractivity contribution in [3.8, 4) is 0 Å². The molecule has 0 aliphatic rings. The Kier molecular flexibility index (Phi) is 8.83. The van der Waals surface area contributed by atoms with E-state index >= 15 is 0 Å². The van der Waals surface area contributed by atoms with Crippen LogP contribution in [0.3, 0.4) is 0 Å². The number of hydrogen-bond acceptors (Lipinski definition) is 2. The highest BCUT2D eigenvalue weighted by molar-refractivity contribution is 5.81. The zero-order valence-electron chi connectivity index (χ0n) is 11.8. The van der Waals surface area contributed by atoms with Gasteiger partial charge in [-0.25, -0.2) is 4.79 Å². The third kappa shape index (κ3) is 6.50. The molecule has 2 nitrogen and oxygen atoms in total. The number of carbonyl (C=O) groups excluding carboxylic acids is 1. The Morgan fingerprint density at radius 3 is 2.18 bits per heavy atom. The van der Waals surface area contributed by atoms with E-state index in [2.05, 4.69) is 27.4 Å². The summed E-state index contributed by atoms with van der Waals surface area (Å²) in [6.07, 6.45) is 9.67. The minimum atomic E-state index is -0.310. The van der Waals surface area contributed by atoms with Crippen molar-refractivity contribution in [2.24, 2.45) is 5.41 Å². The van der Waals surface area contributed by atoms with E-state index in [1.165, 1.54) is 38.2 Å². The minimum Gasteiger partial charge on any atom is -0.463 e. The average Bonchev–Trinajstić information content (AvgIpc) is 2.38. The molecule has 0 aromatic heterocycles. The fourth-order valence-electron chi connectivity index (χ4n) is 2.29. The third-order valence-corrected chi connectivity index (χ3v) is 4.01. The number of rotatable bonds is 10. The monoisotopic (exact) mass is 240 g/mol. The molecule has 0 heterocycles. The number of carbonyl (C=O) groups is 1. The van der Waals surface area contributed by atoms with E-state index in [-0.39, 0.29) is 5.97 Å². The predicted molar refractivity (Wildman–Crippen MR) is 72.9 cm³/mol. The molecule has 0 aliphatic carbocycles. The van der Waals surface area contributed by atoms with Gasteiger partial charge in [0.05, 0.1) is 6.61 Å². The summed E-state index contributed by atoms with van der Waals surface area (Å²) in [5.74, 6) is -0.310. The van der Waals surface area contributed by atoms with Crippen LogP contribution in [0.5, 0.6) is 0 Å². The quantitative estimate of drug-likeness (QED) is 0.319. The van der Waals surface area contributed by atoms with Gasteiger partial charge >= 0.3 is 5.97 Å². The third-order valence-electron chi connectivity index (χ3n) is 4.01. The molecule has 0 atom stereocenters. The first-order valence-corrected chi connectivity index (χ1v) is 6.93. The molecular weight excluding hydrogens is 212 g/mol. The summed E-state index contributed by atoms with van der Waals surface area (Å²) in [7, 11) is 0. The molecule has 0 N–H and O–H groups in total. The highest BCUT2D eigenvalue weighted by atomic mass is 16.5. The lowest BCUT2D eigenvalue weighted by Crippen LogP contribution is -2.17. The van der Waals surface area contributed by atoms with Gasteiger partial charge in [0.25, 0.3) is 0 Å². The molecule has 0 amide bonds. The molecule has 100 valence electrons. The maximum atomic E-state index is 10.8. The molecule has 0 aromatic carbocycles. The first-order chi connectivity index (χ1) is 8.14. The lowest BCUT2D eigenvalue weighted by atomic mass is 9.76. The molecular formula is C15H28O2. The van der Waals surface area contributed by atoms with Crippen LogP contribution in [0, 0.1) is 5.41 Å². The molecule has 0 radical (unpaired) electrons. The van der Waals surface area contributed by atoms with Crippen molar-refractivity contribution in [3.05, 3.63) is 12.7 Å². The standard InChI is InChI=1S/C15H28O2/c1-5-14(16)17-13-11-9-10-12-15(6-2,7-3)8-4/h5H,1,6-13H2,2-4H3. The van der Waals surface area contributed by atoms with Crippen molar-refractivity contribution >= 4 is 5.97 Å². The highest BCUT2D eigenvalue weighted by Gasteiger charge is 2.22. The molecule has 0 aliphatic heterocycles. The van der Waals surface area contributed by atoms with Crippen LogP contribution in [0.2, 0.25) is 0 Å². The lowest BCUT2D eigenvalue weighted by Gasteiger charge is -2.30. The van der Waals surface area contributed by atoms with Crippen LogP contribution in [-0.4, -0.2) is 12.6 Å². The van der Waals surface area contributed by atoms with Crippen molar-refractivity contribution in [2.45, 2.75) is 65.7 Å².